The van der Waals surface area contributed by atoms with E-state index in [0.29, 0.717) is 28.7 Å². The van der Waals surface area contributed by atoms with E-state index in [1.165, 1.54) is 21.5 Å². The summed E-state index contributed by atoms with van der Waals surface area (Å²) >= 11 is 0. The Balaban J connectivity index is 0.000000108. The van der Waals surface area contributed by atoms with Crippen molar-refractivity contribution in [3.63, 3.8) is 0 Å². The molecule has 0 atom stereocenters. The lowest BCUT2D eigenvalue weighted by Crippen LogP contribution is -2.01. The van der Waals surface area contributed by atoms with E-state index in [2.05, 4.69) is 337 Å². The quantitative estimate of drug-likeness (QED) is 0.101. The highest BCUT2D eigenvalue weighted by Gasteiger charge is 2.26. The molecule has 0 unspecified atom stereocenters. The summed E-state index contributed by atoms with van der Waals surface area (Å²) in [5, 5.41) is 38.8. The Hall–Kier alpha value is -19.8. The molecule has 12 nitrogen and oxygen atoms in total. The molecule has 0 saturated heterocycles. The van der Waals surface area contributed by atoms with Gasteiger partial charge in [-0.25, -0.2) is 34.7 Å². The monoisotopic (exact) mass is 1820 g/mol. The molecule has 29 rings (SSSR count). The molecule has 0 radical (unpaired) electrons. The minimum Gasteiger partial charge on any atom is -0.309 e. The van der Waals surface area contributed by atoms with Gasteiger partial charge in [-0.2, -0.15) is 5.26 Å². The maximum Gasteiger partial charge on any atom is 0.188 e. The molecular formula is C131H76N12. The number of para-hydroxylation sites is 4. The maximum atomic E-state index is 9.66. The average Bonchev–Trinajstić information content (AvgIpc) is 1.46. The van der Waals surface area contributed by atoms with E-state index in [1.54, 1.807) is 0 Å². The minimum absolute atomic E-state index is 0.625. The summed E-state index contributed by atoms with van der Waals surface area (Å²) < 4.78 is 2.29. The summed E-state index contributed by atoms with van der Waals surface area (Å²) in [5.74, 6) is 1.90. The molecule has 0 aliphatic rings. The van der Waals surface area contributed by atoms with Crippen molar-refractivity contribution in [3.8, 4) is 102 Å². The van der Waals surface area contributed by atoms with E-state index in [9.17, 15) is 5.26 Å². The van der Waals surface area contributed by atoms with Gasteiger partial charge in [0.15, 0.2) is 23.2 Å². The molecule has 0 aliphatic carbocycles. The van der Waals surface area contributed by atoms with Gasteiger partial charge in [-0.1, -0.05) is 346 Å². The largest absolute Gasteiger partial charge is 0.309 e. The molecule has 143 heavy (non-hydrogen) atoms. The van der Waals surface area contributed by atoms with Crippen LogP contribution in [0.15, 0.2) is 461 Å². The molecule has 12 heteroatoms. The first-order valence-electron chi connectivity index (χ1n) is 47.8. The highest BCUT2D eigenvalue weighted by atomic mass is 15.0. The fourth-order valence-electron chi connectivity index (χ4n) is 21.8. The van der Waals surface area contributed by atoms with Gasteiger partial charge in [0.2, 0.25) is 0 Å². The van der Waals surface area contributed by atoms with Crippen molar-refractivity contribution in [3.05, 3.63) is 478 Å². The van der Waals surface area contributed by atoms with Crippen molar-refractivity contribution in [1.29, 1.82) is 5.26 Å². The third kappa shape index (κ3) is 13.9. The number of fused-ring (bicyclic) bond motifs is 27. The molecule has 0 N–H and O–H groups in total. The molecule has 660 valence electrons. The average molecular weight is 1820 g/mol. The van der Waals surface area contributed by atoms with Crippen LogP contribution in [0.4, 0.5) is 5.69 Å². The van der Waals surface area contributed by atoms with Crippen LogP contribution in [0.2, 0.25) is 0 Å². The highest BCUT2D eigenvalue weighted by molar-refractivity contribution is 6.32. The fraction of sp³-hybridized carbons (Fsp3) is 0. The van der Waals surface area contributed by atoms with E-state index >= 15 is 0 Å². The standard InChI is InChI=1S/C49H28N4.C45H27N5.C37H21N3/c1-50-33-21-26-45-42(29-33)41-28-32(20-25-44(41)53(45)34-11-3-2-4-12-34)35-23-24-38(37-14-6-5-13-36(35)37)49-40-22-19-30-17-18-31-10-9-27-51-48(31)46(30)47(40)39-15-7-8-16-43(39)52-49;1-3-12-30(13-4-1)43-48-44(31-14-5-2-6-15-31)50-45(49-43)35-26-25-34(32-17-7-8-18-33(32)35)42-37-24-23-28-21-22-29-16-11-27-46-41(29)39(28)40(37)36-19-9-10-20-38(36)47-42;38-21-25-16-17-28(30-13-4-3-11-27(25)30)23-9-7-10-24(20-23)37-32-18-19-34-36(29-12-2-1-8-26(29)22-39-34)35(32)31-14-5-6-15-33(31)40-37/h2-29H;1-27H;1-20,22H. The maximum absolute atomic E-state index is 9.66. The number of benzene rings is 21. The molecule has 0 bridgehead atoms. The molecule has 21 aromatic carbocycles. The zero-order chi connectivity index (χ0) is 94.7. The predicted molar refractivity (Wildman–Crippen MR) is 591 cm³/mol. The lowest BCUT2D eigenvalue weighted by Gasteiger charge is -2.16. The van der Waals surface area contributed by atoms with Crippen molar-refractivity contribution < 1.29 is 0 Å². The van der Waals surface area contributed by atoms with Crippen LogP contribution in [0.25, 0.3) is 285 Å². The van der Waals surface area contributed by atoms with Gasteiger partial charge in [0, 0.05) is 149 Å². The van der Waals surface area contributed by atoms with Crippen molar-refractivity contribution in [2.24, 2.45) is 0 Å². The van der Waals surface area contributed by atoms with Gasteiger partial charge in [-0.05, 0) is 168 Å². The summed E-state index contributed by atoms with van der Waals surface area (Å²) in [6.45, 7) is 7.74. The number of rotatable bonds is 9. The van der Waals surface area contributed by atoms with Crippen molar-refractivity contribution in [2.75, 3.05) is 0 Å². The zero-order valence-corrected chi connectivity index (χ0v) is 76.7. The van der Waals surface area contributed by atoms with Gasteiger partial charge >= 0.3 is 0 Å². The number of hydrogen-bond acceptors (Lipinski definition) is 10. The van der Waals surface area contributed by atoms with Crippen LogP contribution in [-0.4, -0.2) is 49.4 Å². The predicted octanol–water partition coefficient (Wildman–Crippen LogP) is 33.8. The Morgan fingerprint density at radius 3 is 1.21 bits per heavy atom. The Bertz CT molecular complexity index is 10400. The molecule has 29 aromatic rings. The van der Waals surface area contributed by atoms with Crippen LogP contribution in [0.3, 0.4) is 0 Å². The first kappa shape index (κ1) is 82.7. The number of pyridine rings is 6. The van der Waals surface area contributed by atoms with Crippen LogP contribution in [0, 0.1) is 17.9 Å². The Morgan fingerprint density at radius 1 is 0.231 bits per heavy atom. The van der Waals surface area contributed by atoms with E-state index in [4.69, 9.17) is 51.4 Å². The Morgan fingerprint density at radius 2 is 0.636 bits per heavy atom. The molecule has 0 aliphatic heterocycles. The van der Waals surface area contributed by atoms with E-state index in [1.807, 2.05) is 140 Å². The molecule has 8 heterocycles. The lowest BCUT2D eigenvalue weighted by atomic mass is 9.90. The van der Waals surface area contributed by atoms with Gasteiger partial charge < -0.3 is 4.57 Å². The van der Waals surface area contributed by atoms with E-state index < -0.39 is 0 Å². The van der Waals surface area contributed by atoms with Crippen LogP contribution in [0.1, 0.15) is 5.56 Å². The first-order valence-corrected chi connectivity index (χ1v) is 47.8. The van der Waals surface area contributed by atoms with Crippen LogP contribution < -0.4 is 0 Å². The number of hydrogen-bond donors (Lipinski definition) is 0. The first-order chi connectivity index (χ1) is 70.8. The summed E-state index contributed by atoms with van der Waals surface area (Å²) in [7, 11) is 0. The molecule has 0 amide bonds. The van der Waals surface area contributed by atoms with Crippen LogP contribution >= 0.6 is 0 Å². The highest BCUT2D eigenvalue weighted by Crippen LogP contribution is 2.49. The second-order valence-electron chi connectivity index (χ2n) is 36.2. The second kappa shape index (κ2) is 34.2. The number of nitriles is 1. The van der Waals surface area contributed by atoms with Crippen LogP contribution in [-0.2, 0) is 0 Å². The van der Waals surface area contributed by atoms with Crippen LogP contribution in [0.5, 0.6) is 0 Å². The summed E-state index contributed by atoms with van der Waals surface area (Å²) in [6.07, 6.45) is 5.72. The normalized spacial score (nSPS) is 11.6. The topological polar surface area (TPSA) is 149 Å². The third-order valence-electron chi connectivity index (χ3n) is 28.2. The van der Waals surface area contributed by atoms with Gasteiger partial charge in [-0.15, -0.1) is 0 Å². The molecular weight excluding hydrogens is 1740 g/mol. The van der Waals surface area contributed by atoms with Gasteiger partial charge in [0.1, 0.15) is 0 Å². The van der Waals surface area contributed by atoms with Gasteiger partial charge in [0.05, 0.1) is 79.4 Å². The van der Waals surface area contributed by atoms with Crippen molar-refractivity contribution >= 4 is 190 Å². The van der Waals surface area contributed by atoms with Gasteiger partial charge in [-0.3, -0.25) is 15.0 Å². The molecule has 0 saturated carbocycles. The van der Waals surface area contributed by atoms with E-state index in [-0.39, 0.29) is 0 Å². The zero-order valence-electron chi connectivity index (χ0n) is 76.7. The smallest absolute Gasteiger partial charge is 0.188 e. The SMILES string of the molecule is N#Cc1ccc(-c2cccc(-c3nc4ccccc4c4c3ccc3ncc5ccccc5c34)c2)c2ccccc12.[C-]#[N+]c1ccc2c(c1)c1cc(-c3ccc(-c4nc5ccccc5c5c4ccc4ccc6cccnc6c45)c4ccccc34)ccc1n2-c1ccccc1.c1ccc(-c2nc(-c3ccccc3)nc(-c3ccc(-c4nc5ccccc5c5c4ccc4ccc6cccnc6c45)c4ccccc34)n2)cc1. The molecule has 0 fully saturated rings. The summed E-state index contributed by atoms with van der Waals surface area (Å²) in [4.78, 5) is 49.4. The van der Waals surface area contributed by atoms with Crippen molar-refractivity contribution in [1.82, 2.24) is 49.4 Å². The molecule has 0 spiro atoms. The summed E-state index contributed by atoms with van der Waals surface area (Å²) in [6, 6.07) is 156. The number of aromatic nitrogens is 10. The lowest BCUT2D eigenvalue weighted by molar-refractivity contribution is 1.08. The molecule has 8 aromatic heterocycles. The number of nitrogens with zero attached hydrogens (tertiary/aromatic N) is 12. The second-order valence-corrected chi connectivity index (χ2v) is 36.2. The fourth-order valence-corrected chi connectivity index (χ4v) is 21.8. The van der Waals surface area contributed by atoms with Crippen molar-refractivity contribution in [2.45, 2.75) is 0 Å². The Labute approximate surface area is 819 Å². The summed E-state index contributed by atoms with van der Waals surface area (Å²) in [5.41, 5.74) is 23.8. The minimum atomic E-state index is 0.625. The van der Waals surface area contributed by atoms with Gasteiger partial charge in [0.25, 0.3) is 0 Å². The Kier molecular flexibility index (Phi) is 19.8. The third-order valence-corrected chi connectivity index (χ3v) is 28.2. The van der Waals surface area contributed by atoms with E-state index in [0.717, 1.165) is 241 Å².